The van der Waals surface area contributed by atoms with Gasteiger partial charge in [0.15, 0.2) is 5.82 Å². The fourth-order valence-electron chi connectivity index (χ4n) is 8.28. The molecule has 4 saturated heterocycles. The number of fused-ring (bicyclic) bond motifs is 5. The maximum Gasteiger partial charge on any atom is 0.319 e. The van der Waals surface area contributed by atoms with E-state index in [0.717, 1.165) is 57.1 Å². The predicted octanol–water partition coefficient (Wildman–Crippen LogP) is 5.90. The van der Waals surface area contributed by atoms with Crippen LogP contribution in [-0.2, 0) is 0 Å². The van der Waals surface area contributed by atoms with E-state index in [-0.39, 0.29) is 35.1 Å². The summed E-state index contributed by atoms with van der Waals surface area (Å²) in [6.07, 6.45) is 4.61. The molecule has 3 aromatic carbocycles. The van der Waals surface area contributed by atoms with E-state index in [4.69, 9.17) is 15.5 Å². The standard InChI is InChI=1S/C34H37F3N6O/c1-19-28(36)8-3-20-13-22(38)14-27(29(19)20)25-6-7-26-31(30(25)37)40-33(44-18-34-10-2-11-43(34)16-21(35)15-34)41-32(26)42-12-9-23-4-5-24(17-42)39-23/h3,6-8,13-14,21,23-24,39H,2,4-5,9-12,15-18,38H2,1H3/t21-,23-,24+,34+/m1/s1. The maximum absolute atomic E-state index is 16.8. The summed E-state index contributed by atoms with van der Waals surface area (Å²) >= 11 is 0. The minimum atomic E-state index is -0.881. The lowest BCUT2D eigenvalue weighted by Gasteiger charge is -2.31. The van der Waals surface area contributed by atoms with Crippen LogP contribution in [0.4, 0.5) is 24.7 Å². The Morgan fingerprint density at radius 3 is 2.77 bits per heavy atom. The first-order valence-electron chi connectivity index (χ1n) is 15.8. The van der Waals surface area contributed by atoms with Crippen LogP contribution in [0, 0.1) is 18.6 Å². The topological polar surface area (TPSA) is 79.5 Å². The van der Waals surface area contributed by atoms with Crippen LogP contribution in [0.5, 0.6) is 6.01 Å². The second kappa shape index (κ2) is 10.5. The third-order valence-corrected chi connectivity index (χ3v) is 10.4. The van der Waals surface area contributed by atoms with Gasteiger partial charge in [0.1, 0.15) is 29.9 Å². The number of nitrogen functional groups attached to an aromatic ring is 1. The van der Waals surface area contributed by atoms with Crippen LogP contribution in [0.2, 0.25) is 0 Å². The molecular formula is C34H37F3N6O. The predicted molar refractivity (Wildman–Crippen MR) is 167 cm³/mol. The summed E-state index contributed by atoms with van der Waals surface area (Å²) in [5.74, 6) is -0.261. The molecule has 3 N–H and O–H groups in total. The van der Waals surface area contributed by atoms with Gasteiger partial charge in [-0.1, -0.05) is 12.1 Å². The Balaban J connectivity index is 1.26. The molecule has 4 fully saturated rings. The number of nitrogens with one attached hydrogen (secondary N) is 1. The summed E-state index contributed by atoms with van der Waals surface area (Å²) in [4.78, 5) is 13.9. The second-order valence-corrected chi connectivity index (χ2v) is 13.2. The molecule has 44 heavy (non-hydrogen) atoms. The van der Waals surface area contributed by atoms with E-state index < -0.39 is 12.0 Å². The van der Waals surface area contributed by atoms with Crippen LogP contribution in [0.15, 0.2) is 36.4 Å². The smallest absolute Gasteiger partial charge is 0.319 e. The van der Waals surface area contributed by atoms with Crippen LogP contribution in [-0.4, -0.2) is 71.4 Å². The molecule has 0 saturated carbocycles. The second-order valence-electron chi connectivity index (χ2n) is 13.2. The minimum Gasteiger partial charge on any atom is -0.461 e. The van der Waals surface area contributed by atoms with E-state index in [1.165, 1.54) is 6.07 Å². The molecular weight excluding hydrogens is 565 g/mol. The lowest BCUT2D eigenvalue weighted by molar-refractivity contribution is 0.107. The molecule has 230 valence electrons. The van der Waals surface area contributed by atoms with Gasteiger partial charge in [0.05, 0.1) is 5.54 Å². The maximum atomic E-state index is 16.8. The van der Waals surface area contributed by atoms with Crippen LogP contribution < -0.4 is 20.7 Å². The highest BCUT2D eigenvalue weighted by Gasteiger charge is 2.49. The fraction of sp³-hybridized carbons (Fsp3) is 0.471. The molecule has 4 aliphatic rings. The fourth-order valence-corrected chi connectivity index (χ4v) is 8.28. The van der Waals surface area contributed by atoms with E-state index in [2.05, 4.69) is 20.1 Å². The van der Waals surface area contributed by atoms with Crippen molar-refractivity contribution in [2.75, 3.05) is 43.4 Å². The van der Waals surface area contributed by atoms with E-state index in [0.29, 0.717) is 58.5 Å². The van der Waals surface area contributed by atoms with Crippen molar-refractivity contribution >= 4 is 33.2 Å². The zero-order valence-corrected chi connectivity index (χ0v) is 24.9. The first-order valence-corrected chi connectivity index (χ1v) is 15.8. The number of nitrogens with two attached hydrogens (primary N) is 1. The molecule has 8 rings (SSSR count). The van der Waals surface area contributed by atoms with Crippen molar-refractivity contribution in [1.82, 2.24) is 20.2 Å². The zero-order chi connectivity index (χ0) is 30.2. The van der Waals surface area contributed by atoms with E-state index >= 15 is 4.39 Å². The lowest BCUT2D eigenvalue weighted by Crippen LogP contribution is -2.43. The van der Waals surface area contributed by atoms with Crippen molar-refractivity contribution in [2.45, 2.75) is 69.2 Å². The number of benzene rings is 3. The molecule has 0 amide bonds. The number of halogens is 3. The average molecular weight is 603 g/mol. The quantitative estimate of drug-likeness (QED) is 0.275. The van der Waals surface area contributed by atoms with Gasteiger partial charge in [-0.15, -0.1) is 0 Å². The van der Waals surface area contributed by atoms with Gasteiger partial charge in [-0.05, 0) is 91.7 Å². The van der Waals surface area contributed by atoms with Gasteiger partial charge in [0.25, 0.3) is 0 Å². The number of rotatable bonds is 5. The molecule has 7 nitrogen and oxygen atoms in total. The van der Waals surface area contributed by atoms with Crippen LogP contribution >= 0.6 is 0 Å². The molecule has 0 radical (unpaired) electrons. The summed E-state index contributed by atoms with van der Waals surface area (Å²) in [5, 5.41) is 5.65. The summed E-state index contributed by atoms with van der Waals surface area (Å²) in [6, 6.07) is 11.0. The molecule has 4 aliphatic heterocycles. The van der Waals surface area contributed by atoms with Crippen molar-refractivity contribution in [1.29, 1.82) is 0 Å². The molecule has 5 heterocycles. The Hall–Kier alpha value is -3.63. The highest BCUT2D eigenvalue weighted by Crippen LogP contribution is 2.42. The normalized spacial score (nSPS) is 26.9. The molecule has 0 spiro atoms. The van der Waals surface area contributed by atoms with Gasteiger partial charge >= 0.3 is 6.01 Å². The Morgan fingerprint density at radius 2 is 1.89 bits per heavy atom. The Labute approximate surface area is 254 Å². The van der Waals surface area contributed by atoms with E-state index in [9.17, 15) is 8.78 Å². The molecule has 1 aromatic heterocycles. The molecule has 4 atom stereocenters. The third-order valence-electron chi connectivity index (χ3n) is 10.4. The summed E-state index contributed by atoms with van der Waals surface area (Å²) in [5.41, 5.74) is 7.69. The average Bonchev–Trinajstić information content (AvgIpc) is 3.64. The molecule has 0 aliphatic carbocycles. The number of hydrogen-bond donors (Lipinski definition) is 2. The summed E-state index contributed by atoms with van der Waals surface area (Å²) < 4.78 is 52.3. The lowest BCUT2D eigenvalue weighted by atomic mass is 9.93. The Morgan fingerprint density at radius 1 is 1.02 bits per heavy atom. The number of ether oxygens (including phenoxy) is 1. The number of aromatic nitrogens is 2. The first-order chi connectivity index (χ1) is 21.3. The Kier molecular flexibility index (Phi) is 6.64. The summed E-state index contributed by atoms with van der Waals surface area (Å²) in [6.45, 7) is 4.75. The monoisotopic (exact) mass is 602 g/mol. The largest absolute Gasteiger partial charge is 0.461 e. The van der Waals surface area contributed by atoms with E-state index in [1.54, 1.807) is 31.2 Å². The zero-order valence-electron chi connectivity index (χ0n) is 24.9. The van der Waals surface area contributed by atoms with Gasteiger partial charge in [-0.3, -0.25) is 4.90 Å². The first kappa shape index (κ1) is 27.9. The van der Waals surface area contributed by atoms with Crippen molar-refractivity contribution in [3.05, 3.63) is 53.6 Å². The minimum absolute atomic E-state index is 0.0918. The number of anilines is 2. The highest BCUT2D eigenvalue weighted by atomic mass is 19.1. The van der Waals surface area contributed by atoms with Crippen molar-refractivity contribution in [3.8, 4) is 17.1 Å². The number of hydrogen-bond acceptors (Lipinski definition) is 7. The molecule has 4 aromatic rings. The molecule has 10 heteroatoms. The van der Waals surface area contributed by atoms with Gasteiger partial charge in [-0.25, -0.2) is 13.2 Å². The Bertz CT molecular complexity index is 1780. The van der Waals surface area contributed by atoms with Crippen molar-refractivity contribution in [3.63, 3.8) is 0 Å². The van der Waals surface area contributed by atoms with E-state index in [1.807, 2.05) is 6.07 Å². The number of aryl methyl sites for hydroxylation is 1. The number of nitrogens with zero attached hydrogens (tertiary/aromatic N) is 4. The van der Waals surface area contributed by atoms with Gasteiger partial charge in [0, 0.05) is 54.8 Å². The van der Waals surface area contributed by atoms with Gasteiger partial charge in [0.2, 0.25) is 0 Å². The van der Waals surface area contributed by atoms with Gasteiger partial charge in [-0.2, -0.15) is 9.97 Å². The van der Waals surface area contributed by atoms with Crippen molar-refractivity contribution in [2.24, 2.45) is 0 Å². The summed E-state index contributed by atoms with van der Waals surface area (Å²) in [7, 11) is 0. The SMILES string of the molecule is Cc1c(F)ccc2cc(N)cc(-c3ccc4c(N5CC[C@H]6CC[C@@H](C5)N6)nc(OC[C@@]56CCCN5C[C@H](F)C6)nc4c3F)c12. The highest BCUT2D eigenvalue weighted by molar-refractivity contribution is 6.03. The van der Waals surface area contributed by atoms with Crippen LogP contribution in [0.3, 0.4) is 0 Å². The third kappa shape index (κ3) is 4.56. The van der Waals surface area contributed by atoms with Crippen molar-refractivity contribution < 1.29 is 17.9 Å². The molecule has 0 unspecified atom stereocenters. The van der Waals surface area contributed by atoms with Crippen LogP contribution in [0.25, 0.3) is 32.8 Å². The molecule has 2 bridgehead atoms. The van der Waals surface area contributed by atoms with Gasteiger partial charge < -0.3 is 20.7 Å². The number of alkyl halides is 1. The van der Waals surface area contributed by atoms with Crippen LogP contribution in [0.1, 0.15) is 44.1 Å².